The van der Waals surface area contributed by atoms with E-state index in [0.717, 1.165) is 33.5 Å². The van der Waals surface area contributed by atoms with E-state index in [0.29, 0.717) is 31.8 Å². The van der Waals surface area contributed by atoms with Crippen LogP contribution in [-0.2, 0) is 27.3 Å². The number of hydrogen-bond acceptors (Lipinski definition) is 7. The summed E-state index contributed by atoms with van der Waals surface area (Å²) in [6.07, 6.45) is 1.52. The summed E-state index contributed by atoms with van der Waals surface area (Å²) in [7, 11) is 1.67. The number of aryl methyl sites for hydroxylation is 1. The van der Waals surface area contributed by atoms with Crippen molar-refractivity contribution >= 4 is 17.5 Å². The molecule has 0 fully saturated rings. The molecule has 3 aromatic carbocycles. The van der Waals surface area contributed by atoms with Crippen LogP contribution in [0.2, 0.25) is 0 Å². The van der Waals surface area contributed by atoms with Crippen LogP contribution in [0.3, 0.4) is 0 Å². The molecule has 1 aromatic heterocycles. The molecule has 0 saturated carbocycles. The second-order valence-electron chi connectivity index (χ2n) is 11.7. The number of nitrogens with one attached hydrogen (secondary N) is 3. The monoisotopic (exact) mass is 581 g/mol. The van der Waals surface area contributed by atoms with Gasteiger partial charge in [0.1, 0.15) is 6.04 Å². The van der Waals surface area contributed by atoms with Gasteiger partial charge < -0.3 is 20.3 Å². The number of tetrazole rings is 1. The summed E-state index contributed by atoms with van der Waals surface area (Å²) in [5.74, 6) is 0.337. The van der Waals surface area contributed by atoms with E-state index >= 15 is 0 Å². The number of nitrogens with zero attached hydrogens (tertiary/aromatic N) is 4. The van der Waals surface area contributed by atoms with Crippen LogP contribution < -0.4 is 15.5 Å². The van der Waals surface area contributed by atoms with E-state index in [1.54, 1.807) is 12.0 Å². The van der Waals surface area contributed by atoms with Gasteiger partial charge in [-0.15, -0.1) is 5.10 Å². The number of aromatic amines is 1. The van der Waals surface area contributed by atoms with Crippen LogP contribution in [0.1, 0.15) is 44.7 Å². The highest BCUT2D eigenvalue weighted by Gasteiger charge is 2.32. The first-order chi connectivity index (χ1) is 20.7. The lowest BCUT2D eigenvalue weighted by atomic mass is 9.98. The van der Waals surface area contributed by atoms with Crippen molar-refractivity contribution in [2.45, 2.75) is 64.3 Å². The maximum Gasteiger partial charge on any atom is 0.249 e. The maximum atomic E-state index is 14.0. The summed E-state index contributed by atoms with van der Waals surface area (Å²) in [5.41, 5.74) is 5.43. The first-order valence-electron chi connectivity index (χ1n) is 14.6. The Morgan fingerprint density at radius 1 is 1.07 bits per heavy atom. The van der Waals surface area contributed by atoms with Crippen molar-refractivity contribution in [3.63, 3.8) is 0 Å². The molecule has 43 heavy (non-hydrogen) atoms. The summed E-state index contributed by atoms with van der Waals surface area (Å²) in [4.78, 5) is 28.9. The van der Waals surface area contributed by atoms with Crippen molar-refractivity contribution in [2.24, 2.45) is 0 Å². The summed E-state index contributed by atoms with van der Waals surface area (Å²) in [6.45, 7) is 6.96. The molecule has 1 aliphatic rings. The van der Waals surface area contributed by atoms with Gasteiger partial charge in [0.15, 0.2) is 5.82 Å². The number of aromatic nitrogens is 4. The number of anilines is 1. The molecular weight excluding hydrogens is 542 g/mol. The van der Waals surface area contributed by atoms with Gasteiger partial charge in [-0.25, -0.2) is 5.10 Å². The minimum atomic E-state index is -0.615. The fourth-order valence-electron chi connectivity index (χ4n) is 5.41. The zero-order valence-electron chi connectivity index (χ0n) is 25.1. The number of para-hydroxylation sites is 1. The molecule has 0 bridgehead atoms. The standard InChI is InChI=1S/C33H39N7O3/c1-22(43-4)20-34-33(2,3)19-30(41)35-28-18-17-25-9-5-8-12-29(25)40(32(28)42)21-23-13-15-24(16-14-23)26-10-6-7-11-27(26)31-36-38-39-37-31/h5-16,22,28,34H,17-21H2,1-4H3,(H,35,41)(H,36,37,38,39)/t22?,28-/m1/s1. The second-order valence-corrected chi connectivity index (χ2v) is 11.7. The predicted octanol–water partition coefficient (Wildman–Crippen LogP) is 4.29. The Balaban J connectivity index is 1.33. The zero-order chi connectivity index (χ0) is 30.4. The molecule has 2 heterocycles. The number of hydrogen-bond donors (Lipinski definition) is 3. The van der Waals surface area contributed by atoms with Crippen LogP contribution in [0.5, 0.6) is 0 Å². The first kappa shape index (κ1) is 30.1. The molecule has 0 spiro atoms. The van der Waals surface area contributed by atoms with Gasteiger partial charge >= 0.3 is 0 Å². The lowest BCUT2D eigenvalue weighted by Gasteiger charge is -2.29. The van der Waals surface area contributed by atoms with Gasteiger partial charge in [0.05, 0.1) is 12.6 Å². The predicted molar refractivity (Wildman–Crippen MR) is 166 cm³/mol. The average Bonchev–Trinajstić information content (AvgIpc) is 3.52. The number of benzene rings is 3. The number of amides is 2. The van der Waals surface area contributed by atoms with Crippen LogP contribution in [-0.4, -0.2) is 63.8 Å². The molecule has 10 heteroatoms. The van der Waals surface area contributed by atoms with E-state index in [-0.39, 0.29) is 24.3 Å². The normalized spacial score (nSPS) is 16.0. The summed E-state index contributed by atoms with van der Waals surface area (Å²) < 4.78 is 5.32. The quantitative estimate of drug-likeness (QED) is 0.241. The molecule has 2 atom stereocenters. The van der Waals surface area contributed by atoms with Gasteiger partial charge in [-0.3, -0.25) is 9.59 Å². The maximum absolute atomic E-state index is 14.0. The average molecular weight is 582 g/mol. The van der Waals surface area contributed by atoms with Crippen molar-refractivity contribution < 1.29 is 14.3 Å². The third-order valence-corrected chi connectivity index (χ3v) is 7.89. The Morgan fingerprint density at radius 2 is 1.79 bits per heavy atom. The second kappa shape index (κ2) is 13.3. The van der Waals surface area contributed by atoms with E-state index in [4.69, 9.17) is 4.74 Å². The molecule has 1 aliphatic heterocycles. The van der Waals surface area contributed by atoms with Gasteiger partial charge in [-0.1, -0.05) is 66.7 Å². The highest BCUT2D eigenvalue weighted by atomic mass is 16.5. The van der Waals surface area contributed by atoms with Crippen LogP contribution in [0, 0.1) is 0 Å². The Labute approximate surface area is 252 Å². The molecule has 1 unspecified atom stereocenters. The minimum absolute atomic E-state index is 0.0345. The molecule has 0 aliphatic carbocycles. The van der Waals surface area contributed by atoms with Crippen molar-refractivity contribution in [1.82, 2.24) is 31.3 Å². The zero-order valence-corrected chi connectivity index (χ0v) is 25.1. The SMILES string of the molecule is COC(C)CNC(C)(C)CC(=O)N[C@@H]1CCc2ccccc2N(Cc2ccc(-c3ccccc3-c3nnn[nH]3)cc2)C1=O. The molecule has 0 saturated heterocycles. The third-order valence-electron chi connectivity index (χ3n) is 7.89. The van der Waals surface area contributed by atoms with Crippen molar-refractivity contribution in [3.8, 4) is 22.5 Å². The van der Waals surface area contributed by atoms with Gasteiger partial charge in [-0.2, -0.15) is 0 Å². The third kappa shape index (κ3) is 7.33. The van der Waals surface area contributed by atoms with Gasteiger partial charge in [0.2, 0.25) is 11.8 Å². The molecule has 3 N–H and O–H groups in total. The van der Waals surface area contributed by atoms with E-state index in [1.165, 1.54) is 0 Å². The molecule has 10 nitrogen and oxygen atoms in total. The van der Waals surface area contributed by atoms with E-state index in [2.05, 4.69) is 37.3 Å². The van der Waals surface area contributed by atoms with Gasteiger partial charge in [-0.05, 0) is 72.4 Å². The summed E-state index contributed by atoms with van der Waals surface area (Å²) in [5, 5.41) is 20.8. The molecule has 5 rings (SSSR count). The van der Waals surface area contributed by atoms with Crippen molar-refractivity contribution in [1.29, 1.82) is 0 Å². The topological polar surface area (TPSA) is 125 Å². The first-order valence-corrected chi connectivity index (χ1v) is 14.6. The lowest BCUT2D eigenvalue weighted by molar-refractivity contribution is -0.128. The van der Waals surface area contributed by atoms with Gasteiger partial charge in [0, 0.05) is 36.9 Å². The Hall–Kier alpha value is -4.41. The number of carbonyl (C=O) groups is 2. The van der Waals surface area contributed by atoms with E-state index in [9.17, 15) is 9.59 Å². The number of rotatable bonds is 11. The van der Waals surface area contributed by atoms with Gasteiger partial charge in [0.25, 0.3) is 0 Å². The summed E-state index contributed by atoms with van der Waals surface area (Å²) in [6, 6.07) is 23.5. The number of carbonyl (C=O) groups excluding carboxylic acids is 2. The van der Waals surface area contributed by atoms with Crippen LogP contribution in [0.15, 0.2) is 72.8 Å². The fourth-order valence-corrected chi connectivity index (χ4v) is 5.41. The highest BCUT2D eigenvalue weighted by molar-refractivity contribution is 6.00. The molecule has 224 valence electrons. The number of methoxy groups -OCH3 is 1. The number of fused-ring (bicyclic) bond motifs is 1. The number of ether oxygens (including phenoxy) is 1. The molecule has 0 radical (unpaired) electrons. The van der Waals surface area contributed by atoms with Crippen molar-refractivity contribution in [2.75, 3.05) is 18.6 Å². The van der Waals surface area contributed by atoms with Crippen LogP contribution >= 0.6 is 0 Å². The van der Waals surface area contributed by atoms with Crippen LogP contribution in [0.4, 0.5) is 5.69 Å². The highest BCUT2D eigenvalue weighted by Crippen LogP contribution is 2.32. The molecule has 2 amide bonds. The molecular formula is C33H39N7O3. The Kier molecular flexibility index (Phi) is 9.27. The largest absolute Gasteiger partial charge is 0.380 e. The van der Waals surface area contributed by atoms with E-state index < -0.39 is 11.6 Å². The van der Waals surface area contributed by atoms with E-state index in [1.807, 2.05) is 87.5 Å². The molecule has 4 aromatic rings. The number of H-pyrrole nitrogens is 1. The Bertz CT molecular complexity index is 1540. The Morgan fingerprint density at radius 3 is 2.51 bits per heavy atom. The smallest absolute Gasteiger partial charge is 0.249 e. The lowest BCUT2D eigenvalue weighted by Crippen LogP contribution is -2.51. The fraction of sp³-hybridized carbons (Fsp3) is 0.364. The van der Waals surface area contributed by atoms with Crippen LogP contribution in [0.25, 0.3) is 22.5 Å². The minimum Gasteiger partial charge on any atom is -0.380 e. The summed E-state index contributed by atoms with van der Waals surface area (Å²) >= 11 is 0. The van der Waals surface area contributed by atoms with Crippen molar-refractivity contribution in [3.05, 3.63) is 83.9 Å².